The van der Waals surface area contributed by atoms with Crippen molar-refractivity contribution in [1.82, 2.24) is 20.3 Å². The topological polar surface area (TPSA) is 85.0 Å². The molecule has 0 aliphatic rings. The van der Waals surface area contributed by atoms with Gasteiger partial charge in [0, 0.05) is 21.7 Å². The molecule has 0 aliphatic heterocycles. The van der Waals surface area contributed by atoms with Crippen molar-refractivity contribution < 1.29 is 9.21 Å². The number of carbonyl (C=O) groups is 1. The highest BCUT2D eigenvalue weighted by atomic mass is 35.5. The Balaban J connectivity index is 1.20. The van der Waals surface area contributed by atoms with Crippen LogP contribution in [0.2, 0.25) is 5.02 Å². The Bertz CT molecular complexity index is 1840. The molecule has 0 bridgehead atoms. The number of halogens is 1. The second-order valence-corrected chi connectivity index (χ2v) is 9.57. The molecule has 0 fully saturated rings. The molecule has 0 atom stereocenters. The maximum atomic E-state index is 12.7. The standard InChI is InChI=1S/C29H20ClN5O2S/c1-17-15-23-24(34-35(33-23)25-8-4-6-18-5-2-3-7-21(18)25)16-22(17)31-29(38)32-28(36)27-14-13-26(37-27)19-9-11-20(30)12-10-19/h2-16H,1H3,(H2,31,32,36,38). The highest BCUT2D eigenvalue weighted by Crippen LogP contribution is 2.26. The Labute approximate surface area is 228 Å². The number of thiocarbonyl (C=S) groups is 1. The fourth-order valence-electron chi connectivity index (χ4n) is 4.24. The van der Waals surface area contributed by atoms with Gasteiger partial charge in [-0.1, -0.05) is 48.0 Å². The van der Waals surface area contributed by atoms with E-state index in [-0.39, 0.29) is 10.9 Å². The molecule has 38 heavy (non-hydrogen) atoms. The third-order valence-corrected chi connectivity index (χ3v) is 6.60. The molecule has 0 unspecified atom stereocenters. The van der Waals surface area contributed by atoms with Crippen LogP contribution in [0.3, 0.4) is 0 Å². The van der Waals surface area contributed by atoms with Crippen molar-refractivity contribution in [3.8, 4) is 17.0 Å². The molecule has 0 saturated heterocycles. The summed E-state index contributed by atoms with van der Waals surface area (Å²) in [5.41, 5.74) is 4.77. The number of benzene rings is 4. The molecule has 186 valence electrons. The number of aryl methyl sites for hydroxylation is 1. The average Bonchev–Trinajstić information content (AvgIpc) is 3.57. The minimum Gasteiger partial charge on any atom is -0.451 e. The molecular formula is C29H20ClN5O2S. The number of furan rings is 1. The van der Waals surface area contributed by atoms with Gasteiger partial charge in [0.05, 0.1) is 5.69 Å². The second kappa shape index (κ2) is 9.74. The van der Waals surface area contributed by atoms with Gasteiger partial charge >= 0.3 is 0 Å². The number of nitrogens with zero attached hydrogens (tertiary/aromatic N) is 3. The molecule has 2 N–H and O–H groups in total. The zero-order valence-electron chi connectivity index (χ0n) is 20.1. The van der Waals surface area contributed by atoms with E-state index in [1.54, 1.807) is 29.1 Å². The van der Waals surface area contributed by atoms with Crippen LogP contribution in [0.4, 0.5) is 5.69 Å². The monoisotopic (exact) mass is 537 g/mol. The maximum Gasteiger partial charge on any atom is 0.293 e. The van der Waals surface area contributed by atoms with Gasteiger partial charge in [0.1, 0.15) is 16.8 Å². The van der Waals surface area contributed by atoms with Crippen molar-refractivity contribution in [2.24, 2.45) is 0 Å². The summed E-state index contributed by atoms with van der Waals surface area (Å²) >= 11 is 11.4. The zero-order valence-corrected chi connectivity index (χ0v) is 21.7. The highest BCUT2D eigenvalue weighted by Gasteiger charge is 2.16. The zero-order chi connectivity index (χ0) is 26.2. The van der Waals surface area contributed by atoms with Crippen molar-refractivity contribution in [2.75, 3.05) is 5.32 Å². The van der Waals surface area contributed by atoms with E-state index >= 15 is 0 Å². The summed E-state index contributed by atoms with van der Waals surface area (Å²) in [4.78, 5) is 14.4. The third kappa shape index (κ3) is 4.63. The molecule has 4 aromatic carbocycles. The van der Waals surface area contributed by atoms with Crippen LogP contribution in [0.5, 0.6) is 0 Å². The smallest absolute Gasteiger partial charge is 0.293 e. The highest BCUT2D eigenvalue weighted by molar-refractivity contribution is 7.80. The summed E-state index contributed by atoms with van der Waals surface area (Å²) in [5, 5.41) is 18.1. The first-order chi connectivity index (χ1) is 18.4. The minimum atomic E-state index is -0.455. The summed E-state index contributed by atoms with van der Waals surface area (Å²) in [7, 11) is 0. The molecule has 7 nitrogen and oxygen atoms in total. The van der Waals surface area contributed by atoms with Crippen LogP contribution in [0.25, 0.3) is 38.8 Å². The van der Waals surface area contributed by atoms with Crippen LogP contribution in [-0.4, -0.2) is 26.0 Å². The molecule has 6 rings (SSSR count). The summed E-state index contributed by atoms with van der Waals surface area (Å²) in [6, 6.07) is 28.5. The molecule has 0 saturated carbocycles. The fourth-order valence-corrected chi connectivity index (χ4v) is 4.57. The van der Waals surface area contributed by atoms with Crippen LogP contribution in [0.1, 0.15) is 16.1 Å². The van der Waals surface area contributed by atoms with Gasteiger partial charge in [0.2, 0.25) is 0 Å². The number of rotatable bonds is 4. The third-order valence-electron chi connectivity index (χ3n) is 6.14. The van der Waals surface area contributed by atoms with E-state index in [0.717, 1.165) is 33.1 Å². The second-order valence-electron chi connectivity index (χ2n) is 8.72. The van der Waals surface area contributed by atoms with Gasteiger partial charge in [0.25, 0.3) is 5.91 Å². The Morgan fingerprint density at radius 3 is 2.47 bits per heavy atom. The van der Waals surface area contributed by atoms with Crippen molar-refractivity contribution in [2.45, 2.75) is 6.92 Å². The lowest BCUT2D eigenvalue weighted by atomic mass is 10.1. The van der Waals surface area contributed by atoms with E-state index < -0.39 is 5.91 Å². The van der Waals surface area contributed by atoms with E-state index in [4.69, 9.17) is 33.3 Å². The van der Waals surface area contributed by atoms with Gasteiger partial charge in [-0.25, -0.2) is 0 Å². The number of carbonyl (C=O) groups excluding carboxylic acids is 1. The first-order valence-corrected chi connectivity index (χ1v) is 12.6. The number of amides is 1. The largest absolute Gasteiger partial charge is 0.451 e. The molecule has 6 aromatic rings. The number of aromatic nitrogens is 3. The van der Waals surface area contributed by atoms with Crippen molar-refractivity contribution in [3.05, 3.63) is 107 Å². The number of anilines is 1. The van der Waals surface area contributed by atoms with Gasteiger partial charge in [-0.3, -0.25) is 10.1 Å². The van der Waals surface area contributed by atoms with Crippen molar-refractivity contribution >= 4 is 62.3 Å². The van der Waals surface area contributed by atoms with Crippen LogP contribution < -0.4 is 10.6 Å². The number of hydrogen-bond donors (Lipinski definition) is 2. The van der Waals surface area contributed by atoms with Crippen LogP contribution in [0.15, 0.2) is 95.4 Å². The van der Waals surface area contributed by atoms with Gasteiger partial charge in [-0.05, 0) is 84.7 Å². The lowest BCUT2D eigenvalue weighted by Gasteiger charge is -2.10. The van der Waals surface area contributed by atoms with Gasteiger partial charge < -0.3 is 9.73 Å². The Morgan fingerprint density at radius 1 is 0.921 bits per heavy atom. The summed E-state index contributed by atoms with van der Waals surface area (Å²) in [5.74, 6) is 0.244. The normalized spacial score (nSPS) is 11.1. The number of nitrogens with one attached hydrogen (secondary N) is 2. The molecule has 0 radical (unpaired) electrons. The molecule has 0 aliphatic carbocycles. The van der Waals surface area contributed by atoms with E-state index in [1.807, 2.05) is 55.5 Å². The van der Waals surface area contributed by atoms with Crippen LogP contribution in [-0.2, 0) is 0 Å². The van der Waals surface area contributed by atoms with Gasteiger partial charge in [0.15, 0.2) is 10.9 Å². The average molecular weight is 538 g/mol. The first-order valence-electron chi connectivity index (χ1n) is 11.8. The maximum absolute atomic E-state index is 12.7. The number of hydrogen-bond acceptors (Lipinski definition) is 5. The minimum absolute atomic E-state index is 0.142. The molecule has 9 heteroatoms. The summed E-state index contributed by atoms with van der Waals surface area (Å²) in [6.45, 7) is 1.94. The Hall–Kier alpha value is -4.53. The van der Waals surface area contributed by atoms with Gasteiger partial charge in [-0.2, -0.15) is 0 Å². The molecular weight excluding hydrogens is 518 g/mol. The molecule has 1 amide bonds. The Morgan fingerprint density at radius 2 is 1.66 bits per heavy atom. The fraction of sp³-hybridized carbons (Fsp3) is 0.0345. The lowest BCUT2D eigenvalue weighted by molar-refractivity contribution is 0.0951. The SMILES string of the molecule is Cc1cc2nn(-c3cccc4ccccc34)nc2cc1NC(=S)NC(=O)c1ccc(-c2ccc(Cl)cc2)o1. The number of fused-ring (bicyclic) bond motifs is 2. The van der Waals surface area contributed by atoms with Crippen LogP contribution >= 0.6 is 23.8 Å². The summed E-state index contributed by atoms with van der Waals surface area (Å²) < 4.78 is 5.72. The Kier molecular flexibility index (Phi) is 6.11. The van der Waals surface area contributed by atoms with E-state index in [0.29, 0.717) is 22.0 Å². The van der Waals surface area contributed by atoms with Crippen molar-refractivity contribution in [3.63, 3.8) is 0 Å². The lowest BCUT2D eigenvalue weighted by Crippen LogP contribution is -2.34. The molecule has 2 heterocycles. The summed E-state index contributed by atoms with van der Waals surface area (Å²) in [6.07, 6.45) is 0. The molecule has 2 aromatic heterocycles. The van der Waals surface area contributed by atoms with Gasteiger partial charge in [-0.15, -0.1) is 15.0 Å². The first kappa shape index (κ1) is 23.8. The van der Waals surface area contributed by atoms with Crippen LogP contribution in [0, 0.1) is 6.92 Å². The quantitative estimate of drug-likeness (QED) is 0.237. The van der Waals surface area contributed by atoms with E-state index in [9.17, 15) is 4.79 Å². The molecule has 0 spiro atoms. The van der Waals surface area contributed by atoms with E-state index in [1.165, 1.54) is 0 Å². The van der Waals surface area contributed by atoms with E-state index in [2.05, 4.69) is 33.9 Å². The predicted molar refractivity (Wildman–Crippen MR) is 154 cm³/mol. The predicted octanol–water partition coefficient (Wildman–Crippen LogP) is 6.92. The van der Waals surface area contributed by atoms with Crippen molar-refractivity contribution in [1.29, 1.82) is 0 Å².